The van der Waals surface area contributed by atoms with Crippen LogP contribution < -0.4 is 11.1 Å². The van der Waals surface area contributed by atoms with E-state index in [0.29, 0.717) is 5.95 Å². The summed E-state index contributed by atoms with van der Waals surface area (Å²) in [6, 6.07) is 5.00. The zero-order chi connectivity index (χ0) is 19.1. The molecule has 4 aromatic rings. The Bertz CT molecular complexity index is 1150. The predicted molar refractivity (Wildman–Crippen MR) is 108 cm³/mol. The van der Waals surface area contributed by atoms with Crippen LogP contribution in [0.15, 0.2) is 43.0 Å². The first-order chi connectivity index (χ1) is 13.7. The average molecular weight is 376 g/mol. The van der Waals surface area contributed by atoms with Crippen molar-refractivity contribution in [3.8, 4) is 11.1 Å². The molecule has 0 saturated heterocycles. The van der Waals surface area contributed by atoms with E-state index in [4.69, 9.17) is 10.7 Å². The molecule has 3 heterocycles. The zero-order valence-electron chi connectivity index (χ0n) is 15.3. The average Bonchev–Trinajstić information content (AvgIpc) is 3.12. The second kappa shape index (κ2) is 6.83. The molecule has 7 heteroatoms. The normalized spacial score (nSPS) is 19.9. The number of rotatable bonds is 3. The second-order valence-electron chi connectivity index (χ2n) is 7.41. The van der Waals surface area contributed by atoms with E-state index >= 15 is 0 Å². The molecule has 0 radical (unpaired) electrons. The molecule has 1 saturated carbocycles. The number of nitrogens with two attached hydrogens (primary N) is 1. The lowest BCUT2D eigenvalue weighted by atomic mass is 9.91. The number of hydrogen-bond acceptors (Lipinski definition) is 5. The SMILES string of the molecule is N[C@H]1CCCC[C@H]1Nc1ncc2cncc(-c3c[nH]c4ccc(F)cc34)c2n1. The summed E-state index contributed by atoms with van der Waals surface area (Å²) in [7, 11) is 0. The van der Waals surface area contributed by atoms with Crippen molar-refractivity contribution < 1.29 is 4.39 Å². The molecule has 1 fully saturated rings. The molecule has 0 aliphatic heterocycles. The summed E-state index contributed by atoms with van der Waals surface area (Å²) in [6.07, 6.45) is 11.5. The lowest BCUT2D eigenvalue weighted by Gasteiger charge is -2.29. The van der Waals surface area contributed by atoms with E-state index in [-0.39, 0.29) is 17.9 Å². The summed E-state index contributed by atoms with van der Waals surface area (Å²) in [5.74, 6) is 0.290. The molecule has 0 amide bonds. The molecule has 6 nitrogen and oxygen atoms in total. The first-order valence-electron chi connectivity index (χ1n) is 9.59. The number of nitrogens with one attached hydrogen (secondary N) is 2. The van der Waals surface area contributed by atoms with E-state index in [1.807, 2.05) is 6.20 Å². The van der Waals surface area contributed by atoms with Crippen LogP contribution in [0.25, 0.3) is 32.9 Å². The molecule has 28 heavy (non-hydrogen) atoms. The summed E-state index contributed by atoms with van der Waals surface area (Å²) in [5.41, 5.74) is 9.61. The fourth-order valence-corrected chi connectivity index (χ4v) is 4.04. The van der Waals surface area contributed by atoms with Crippen molar-refractivity contribution in [2.24, 2.45) is 5.73 Å². The number of aromatic amines is 1. The molecule has 1 aliphatic carbocycles. The molecule has 2 atom stereocenters. The molecule has 142 valence electrons. The molecule has 0 spiro atoms. The highest BCUT2D eigenvalue weighted by atomic mass is 19.1. The van der Waals surface area contributed by atoms with E-state index in [9.17, 15) is 4.39 Å². The third-order valence-corrected chi connectivity index (χ3v) is 5.56. The number of H-pyrrole nitrogens is 1. The van der Waals surface area contributed by atoms with Crippen molar-refractivity contribution in [1.82, 2.24) is 19.9 Å². The van der Waals surface area contributed by atoms with Crippen molar-refractivity contribution in [2.75, 3.05) is 5.32 Å². The zero-order valence-corrected chi connectivity index (χ0v) is 15.3. The highest BCUT2D eigenvalue weighted by Crippen LogP contribution is 2.33. The molecule has 1 aromatic carbocycles. The van der Waals surface area contributed by atoms with Crippen LogP contribution in [-0.4, -0.2) is 32.0 Å². The van der Waals surface area contributed by atoms with Crippen LogP contribution in [0.1, 0.15) is 25.7 Å². The first kappa shape index (κ1) is 17.1. The van der Waals surface area contributed by atoms with Crippen LogP contribution in [0.4, 0.5) is 10.3 Å². The van der Waals surface area contributed by atoms with Gasteiger partial charge in [-0.2, -0.15) is 0 Å². The van der Waals surface area contributed by atoms with Gasteiger partial charge in [-0.05, 0) is 31.0 Å². The molecular weight excluding hydrogens is 355 g/mol. The van der Waals surface area contributed by atoms with Crippen molar-refractivity contribution >= 4 is 27.8 Å². The molecule has 5 rings (SSSR count). The Labute approximate surface area is 161 Å². The number of nitrogens with zero attached hydrogens (tertiary/aromatic N) is 3. The van der Waals surface area contributed by atoms with Gasteiger partial charge in [0.25, 0.3) is 0 Å². The van der Waals surface area contributed by atoms with Gasteiger partial charge in [0.1, 0.15) is 5.82 Å². The Morgan fingerprint density at radius 1 is 1.11 bits per heavy atom. The van der Waals surface area contributed by atoms with Crippen molar-refractivity contribution in [2.45, 2.75) is 37.8 Å². The van der Waals surface area contributed by atoms with E-state index in [1.165, 1.54) is 18.6 Å². The van der Waals surface area contributed by atoms with Crippen molar-refractivity contribution in [3.05, 3.63) is 48.8 Å². The maximum atomic E-state index is 13.8. The molecular formula is C21H21FN6. The monoisotopic (exact) mass is 376 g/mol. The molecule has 0 bridgehead atoms. The van der Waals surface area contributed by atoms with E-state index in [1.54, 1.807) is 24.7 Å². The van der Waals surface area contributed by atoms with Crippen LogP contribution in [0.2, 0.25) is 0 Å². The van der Waals surface area contributed by atoms with Crippen LogP contribution >= 0.6 is 0 Å². The third kappa shape index (κ3) is 2.97. The lowest BCUT2D eigenvalue weighted by molar-refractivity contribution is 0.402. The standard InChI is InChI=1S/C21H21FN6/c22-13-5-6-18-14(7-13)15(11-25-18)16-10-24-8-12-9-26-21(28-20(12)16)27-19-4-2-1-3-17(19)23/h5-11,17,19,25H,1-4,23H2,(H,26,27,28)/t17-,19+/m0/s1. The highest BCUT2D eigenvalue weighted by Gasteiger charge is 2.22. The highest BCUT2D eigenvalue weighted by molar-refractivity contribution is 6.03. The van der Waals surface area contributed by atoms with Crippen LogP contribution in [0, 0.1) is 5.82 Å². The van der Waals surface area contributed by atoms with Crippen LogP contribution in [0.5, 0.6) is 0 Å². The number of anilines is 1. The topological polar surface area (TPSA) is 92.5 Å². The lowest BCUT2D eigenvalue weighted by Crippen LogP contribution is -2.42. The van der Waals surface area contributed by atoms with Gasteiger partial charge in [-0.3, -0.25) is 4.98 Å². The fourth-order valence-electron chi connectivity index (χ4n) is 4.04. The minimum atomic E-state index is -0.273. The van der Waals surface area contributed by atoms with Gasteiger partial charge in [-0.1, -0.05) is 12.8 Å². The summed E-state index contributed by atoms with van der Waals surface area (Å²) < 4.78 is 13.8. The Hall–Kier alpha value is -3.06. The first-order valence-corrected chi connectivity index (χ1v) is 9.59. The minimum absolute atomic E-state index is 0.113. The minimum Gasteiger partial charge on any atom is -0.361 e. The summed E-state index contributed by atoms with van der Waals surface area (Å²) in [5, 5.41) is 5.04. The van der Waals surface area contributed by atoms with Gasteiger partial charge >= 0.3 is 0 Å². The fraction of sp³-hybridized carbons (Fsp3) is 0.286. The number of aromatic nitrogens is 4. The van der Waals surface area contributed by atoms with Gasteiger partial charge in [-0.15, -0.1) is 0 Å². The van der Waals surface area contributed by atoms with E-state index in [0.717, 1.165) is 52.2 Å². The largest absolute Gasteiger partial charge is 0.361 e. The Morgan fingerprint density at radius 2 is 2.00 bits per heavy atom. The van der Waals surface area contributed by atoms with Gasteiger partial charge in [0.2, 0.25) is 5.95 Å². The summed E-state index contributed by atoms with van der Waals surface area (Å²) in [4.78, 5) is 16.7. The van der Waals surface area contributed by atoms with E-state index in [2.05, 4.69) is 20.3 Å². The summed E-state index contributed by atoms with van der Waals surface area (Å²) >= 11 is 0. The van der Waals surface area contributed by atoms with Crippen LogP contribution in [-0.2, 0) is 0 Å². The maximum Gasteiger partial charge on any atom is 0.223 e. The number of fused-ring (bicyclic) bond motifs is 2. The van der Waals surface area contributed by atoms with Gasteiger partial charge in [0.05, 0.1) is 5.52 Å². The Balaban J connectivity index is 1.60. The Morgan fingerprint density at radius 3 is 2.89 bits per heavy atom. The van der Waals surface area contributed by atoms with Gasteiger partial charge < -0.3 is 16.0 Å². The molecule has 0 unspecified atom stereocenters. The molecule has 3 aromatic heterocycles. The number of pyridine rings is 1. The third-order valence-electron chi connectivity index (χ3n) is 5.56. The van der Waals surface area contributed by atoms with Crippen LogP contribution in [0.3, 0.4) is 0 Å². The van der Waals surface area contributed by atoms with Gasteiger partial charge in [0, 0.05) is 64.3 Å². The smallest absolute Gasteiger partial charge is 0.223 e. The predicted octanol–water partition coefficient (Wildman–Crippen LogP) is 3.99. The number of hydrogen-bond donors (Lipinski definition) is 3. The number of benzene rings is 1. The van der Waals surface area contributed by atoms with Crippen molar-refractivity contribution in [3.63, 3.8) is 0 Å². The Kier molecular flexibility index (Phi) is 4.16. The summed E-state index contributed by atoms with van der Waals surface area (Å²) in [6.45, 7) is 0. The molecule has 4 N–H and O–H groups in total. The second-order valence-corrected chi connectivity index (χ2v) is 7.41. The quantitative estimate of drug-likeness (QED) is 0.503. The van der Waals surface area contributed by atoms with E-state index < -0.39 is 0 Å². The van der Waals surface area contributed by atoms with Gasteiger partial charge in [0.15, 0.2) is 0 Å². The number of halogens is 1. The van der Waals surface area contributed by atoms with Crippen molar-refractivity contribution in [1.29, 1.82) is 0 Å². The maximum absolute atomic E-state index is 13.8. The van der Waals surface area contributed by atoms with Gasteiger partial charge in [-0.25, -0.2) is 14.4 Å². The molecule has 1 aliphatic rings.